The second-order valence-electron chi connectivity index (χ2n) is 7.81. The average molecular weight is 326 g/mol. The first-order chi connectivity index (χ1) is 11.0. The van der Waals surface area contributed by atoms with Gasteiger partial charge >= 0.3 is 0 Å². The standard InChI is InChI=1S/C18H34N2O3/c1-14(2)11-20(12-15(3)4)17(21)13-19-7-5-16(6-8-19)18-22-9-10-23-18/h14-16,18H,5-13H2,1-4H3. The quantitative estimate of drug-likeness (QED) is 0.719. The molecule has 2 fully saturated rings. The van der Waals surface area contributed by atoms with Crippen molar-refractivity contribution in [2.45, 2.75) is 46.8 Å². The first-order valence-electron chi connectivity index (χ1n) is 9.19. The Morgan fingerprint density at radius 1 is 1.04 bits per heavy atom. The van der Waals surface area contributed by atoms with Crippen LogP contribution in [0.4, 0.5) is 0 Å². The van der Waals surface area contributed by atoms with Crippen LogP contribution in [0.2, 0.25) is 0 Å². The predicted molar refractivity (Wildman–Crippen MR) is 91.1 cm³/mol. The molecule has 0 aromatic heterocycles. The number of carbonyl (C=O) groups is 1. The van der Waals surface area contributed by atoms with Gasteiger partial charge in [-0.05, 0) is 37.8 Å². The van der Waals surface area contributed by atoms with Crippen LogP contribution in [0, 0.1) is 17.8 Å². The van der Waals surface area contributed by atoms with Gasteiger partial charge in [-0.3, -0.25) is 9.69 Å². The summed E-state index contributed by atoms with van der Waals surface area (Å²) in [5, 5.41) is 0. The summed E-state index contributed by atoms with van der Waals surface area (Å²) in [4.78, 5) is 17.0. The minimum Gasteiger partial charge on any atom is -0.350 e. The molecule has 0 N–H and O–H groups in total. The summed E-state index contributed by atoms with van der Waals surface area (Å²) in [6, 6.07) is 0. The van der Waals surface area contributed by atoms with Crippen LogP contribution in [0.25, 0.3) is 0 Å². The zero-order valence-electron chi connectivity index (χ0n) is 15.3. The fraction of sp³-hybridized carbons (Fsp3) is 0.944. The minimum absolute atomic E-state index is 0.00812. The minimum atomic E-state index is -0.00812. The smallest absolute Gasteiger partial charge is 0.236 e. The fourth-order valence-corrected chi connectivity index (χ4v) is 3.48. The summed E-state index contributed by atoms with van der Waals surface area (Å²) < 4.78 is 11.2. The number of nitrogens with zero attached hydrogens (tertiary/aromatic N) is 2. The van der Waals surface area contributed by atoms with E-state index in [1.54, 1.807) is 0 Å². The van der Waals surface area contributed by atoms with Gasteiger partial charge in [-0.1, -0.05) is 27.7 Å². The van der Waals surface area contributed by atoms with Crippen molar-refractivity contribution in [2.75, 3.05) is 45.9 Å². The van der Waals surface area contributed by atoms with Crippen LogP contribution in [0.3, 0.4) is 0 Å². The van der Waals surface area contributed by atoms with E-state index < -0.39 is 0 Å². The lowest BCUT2D eigenvalue weighted by Crippen LogP contribution is -2.46. The highest BCUT2D eigenvalue weighted by Crippen LogP contribution is 2.25. The molecule has 2 aliphatic rings. The molecule has 0 unspecified atom stereocenters. The first-order valence-corrected chi connectivity index (χ1v) is 9.19. The molecule has 1 amide bonds. The Labute approximate surface area is 141 Å². The third kappa shape index (κ3) is 6.05. The van der Waals surface area contributed by atoms with E-state index >= 15 is 0 Å². The van der Waals surface area contributed by atoms with Gasteiger partial charge in [0.25, 0.3) is 0 Å². The van der Waals surface area contributed by atoms with Gasteiger partial charge < -0.3 is 14.4 Å². The Kier molecular flexibility index (Phi) is 7.31. The normalized spacial score (nSPS) is 21.5. The highest BCUT2D eigenvalue weighted by atomic mass is 16.7. The molecule has 0 spiro atoms. The Morgan fingerprint density at radius 2 is 1.57 bits per heavy atom. The average Bonchev–Trinajstić information content (AvgIpc) is 3.00. The summed E-state index contributed by atoms with van der Waals surface area (Å²) in [5.74, 6) is 1.80. The number of rotatable bonds is 7. The molecular weight excluding hydrogens is 292 g/mol. The Bertz CT molecular complexity index is 349. The molecular formula is C18H34N2O3. The predicted octanol–water partition coefficient (Wildman–Crippen LogP) is 2.21. The number of ether oxygens (including phenoxy) is 2. The topological polar surface area (TPSA) is 42.0 Å². The van der Waals surface area contributed by atoms with Crippen LogP contribution in [0.15, 0.2) is 0 Å². The molecule has 0 atom stereocenters. The van der Waals surface area contributed by atoms with E-state index in [4.69, 9.17) is 9.47 Å². The second-order valence-corrected chi connectivity index (χ2v) is 7.81. The van der Waals surface area contributed by atoms with Crippen molar-refractivity contribution in [2.24, 2.45) is 17.8 Å². The third-order valence-corrected chi connectivity index (χ3v) is 4.55. The van der Waals surface area contributed by atoms with Crippen LogP contribution in [0.1, 0.15) is 40.5 Å². The van der Waals surface area contributed by atoms with Crippen LogP contribution < -0.4 is 0 Å². The Morgan fingerprint density at radius 3 is 2.04 bits per heavy atom. The lowest BCUT2D eigenvalue weighted by atomic mass is 9.96. The molecule has 0 aliphatic carbocycles. The molecule has 134 valence electrons. The monoisotopic (exact) mass is 326 g/mol. The zero-order chi connectivity index (χ0) is 16.8. The van der Waals surface area contributed by atoms with Crippen LogP contribution >= 0.6 is 0 Å². The number of amides is 1. The molecule has 23 heavy (non-hydrogen) atoms. The molecule has 0 aromatic carbocycles. The summed E-state index contributed by atoms with van der Waals surface area (Å²) in [6.07, 6.45) is 2.12. The van der Waals surface area contributed by atoms with E-state index in [1.807, 2.05) is 4.90 Å². The summed E-state index contributed by atoms with van der Waals surface area (Å²) in [6.45, 7) is 14.4. The van der Waals surface area contributed by atoms with Crippen molar-refractivity contribution >= 4 is 5.91 Å². The van der Waals surface area contributed by atoms with Crippen molar-refractivity contribution in [3.63, 3.8) is 0 Å². The molecule has 5 nitrogen and oxygen atoms in total. The molecule has 0 saturated carbocycles. The van der Waals surface area contributed by atoms with Crippen LogP contribution in [-0.4, -0.2) is 67.9 Å². The van der Waals surface area contributed by atoms with Crippen molar-refractivity contribution in [1.82, 2.24) is 9.80 Å². The Hall–Kier alpha value is -0.650. The van der Waals surface area contributed by atoms with Crippen molar-refractivity contribution in [1.29, 1.82) is 0 Å². The fourth-order valence-electron chi connectivity index (χ4n) is 3.48. The van der Waals surface area contributed by atoms with E-state index in [0.29, 0.717) is 24.3 Å². The second kappa shape index (κ2) is 9.00. The van der Waals surface area contributed by atoms with E-state index in [2.05, 4.69) is 32.6 Å². The van der Waals surface area contributed by atoms with E-state index in [0.717, 1.165) is 52.2 Å². The van der Waals surface area contributed by atoms with Gasteiger partial charge in [0.15, 0.2) is 6.29 Å². The third-order valence-electron chi connectivity index (χ3n) is 4.55. The van der Waals surface area contributed by atoms with Crippen LogP contribution in [0.5, 0.6) is 0 Å². The molecule has 2 heterocycles. The molecule has 0 aromatic rings. The number of piperidine rings is 1. The summed E-state index contributed by atoms with van der Waals surface area (Å²) >= 11 is 0. The van der Waals surface area contributed by atoms with Crippen molar-refractivity contribution < 1.29 is 14.3 Å². The van der Waals surface area contributed by atoms with Gasteiger partial charge in [-0.2, -0.15) is 0 Å². The Balaban J connectivity index is 1.77. The van der Waals surface area contributed by atoms with Gasteiger partial charge in [-0.25, -0.2) is 0 Å². The number of carbonyl (C=O) groups excluding carboxylic acids is 1. The lowest BCUT2D eigenvalue weighted by molar-refractivity contribution is -0.134. The molecule has 0 bridgehead atoms. The highest BCUT2D eigenvalue weighted by molar-refractivity contribution is 5.78. The van der Waals surface area contributed by atoms with Gasteiger partial charge in [-0.15, -0.1) is 0 Å². The van der Waals surface area contributed by atoms with Gasteiger partial charge in [0.1, 0.15) is 0 Å². The SMILES string of the molecule is CC(C)CN(CC(C)C)C(=O)CN1CCC(C2OCCO2)CC1. The molecule has 2 rings (SSSR count). The van der Waals surface area contributed by atoms with Gasteiger partial charge in [0, 0.05) is 19.0 Å². The molecule has 5 heteroatoms. The number of hydrogen-bond acceptors (Lipinski definition) is 4. The summed E-state index contributed by atoms with van der Waals surface area (Å²) in [7, 11) is 0. The van der Waals surface area contributed by atoms with Gasteiger partial charge in [0.05, 0.1) is 19.8 Å². The van der Waals surface area contributed by atoms with Crippen LogP contribution in [-0.2, 0) is 14.3 Å². The molecule has 2 saturated heterocycles. The highest BCUT2D eigenvalue weighted by Gasteiger charge is 2.31. The number of hydrogen-bond donors (Lipinski definition) is 0. The maximum Gasteiger partial charge on any atom is 0.236 e. The van der Waals surface area contributed by atoms with Gasteiger partial charge in [0.2, 0.25) is 5.91 Å². The van der Waals surface area contributed by atoms with E-state index in [1.165, 1.54) is 0 Å². The van der Waals surface area contributed by atoms with E-state index in [9.17, 15) is 4.79 Å². The lowest BCUT2D eigenvalue weighted by Gasteiger charge is -2.35. The molecule has 2 aliphatic heterocycles. The summed E-state index contributed by atoms with van der Waals surface area (Å²) in [5.41, 5.74) is 0. The molecule has 0 radical (unpaired) electrons. The van der Waals surface area contributed by atoms with Crippen molar-refractivity contribution in [3.8, 4) is 0 Å². The maximum absolute atomic E-state index is 12.7. The van der Waals surface area contributed by atoms with Crippen molar-refractivity contribution in [3.05, 3.63) is 0 Å². The first kappa shape index (κ1) is 18.7. The maximum atomic E-state index is 12.7. The van der Waals surface area contributed by atoms with E-state index in [-0.39, 0.29) is 12.2 Å². The largest absolute Gasteiger partial charge is 0.350 e. The number of likely N-dealkylation sites (tertiary alicyclic amines) is 1. The zero-order valence-corrected chi connectivity index (χ0v) is 15.3.